The van der Waals surface area contributed by atoms with E-state index in [4.69, 9.17) is 0 Å². The van der Waals surface area contributed by atoms with E-state index in [1.165, 1.54) is 11.8 Å². The minimum Gasteiger partial charge on any atom is -0.321 e. The van der Waals surface area contributed by atoms with E-state index >= 15 is 0 Å². The number of thioether (sulfide) groups is 1. The number of alkyl halides is 5. The second-order valence-electron chi connectivity index (χ2n) is 9.19. The number of anilines is 1. The summed E-state index contributed by atoms with van der Waals surface area (Å²) in [6.07, 6.45) is -3.34. The zero-order chi connectivity index (χ0) is 22.8. The number of nitrogens with one attached hydrogen (secondary N) is 1. The molecular weight excluding hydrogens is 449 g/mol. The predicted molar refractivity (Wildman–Crippen MR) is 110 cm³/mol. The summed E-state index contributed by atoms with van der Waals surface area (Å²) in [7, 11) is 0. The molecule has 2 atom stereocenters. The average molecular weight is 471 g/mol. The minimum atomic E-state index is -4.78. The van der Waals surface area contributed by atoms with Gasteiger partial charge in [-0.1, -0.05) is 6.07 Å². The van der Waals surface area contributed by atoms with Crippen molar-refractivity contribution in [2.45, 2.75) is 55.1 Å². The summed E-state index contributed by atoms with van der Waals surface area (Å²) in [5, 5.41) is 6.83. The van der Waals surface area contributed by atoms with Crippen LogP contribution in [0, 0.1) is 17.8 Å². The molecule has 2 aromatic rings. The lowest BCUT2D eigenvalue weighted by Crippen LogP contribution is -2.56. The van der Waals surface area contributed by atoms with Crippen molar-refractivity contribution in [3.05, 3.63) is 41.2 Å². The summed E-state index contributed by atoms with van der Waals surface area (Å²) < 4.78 is 69.9. The molecule has 4 nitrogen and oxygen atoms in total. The maximum absolute atomic E-state index is 14.2. The Morgan fingerprint density at radius 1 is 1.31 bits per heavy atom. The van der Waals surface area contributed by atoms with Crippen LogP contribution in [0.15, 0.2) is 29.2 Å². The van der Waals surface area contributed by atoms with E-state index in [2.05, 4.69) is 10.4 Å². The summed E-state index contributed by atoms with van der Waals surface area (Å²) in [6.45, 7) is -0.120. The van der Waals surface area contributed by atoms with Gasteiger partial charge in [0, 0.05) is 28.5 Å². The molecule has 0 radical (unpaired) electrons. The lowest BCUT2D eigenvalue weighted by molar-refractivity contribution is -0.142. The zero-order valence-corrected chi connectivity index (χ0v) is 18.1. The third-order valence-electron chi connectivity index (χ3n) is 7.03. The van der Waals surface area contributed by atoms with Crippen LogP contribution in [0.4, 0.5) is 27.6 Å². The van der Waals surface area contributed by atoms with E-state index in [9.17, 15) is 26.7 Å². The smallest absolute Gasteiger partial charge is 0.321 e. The molecule has 4 saturated carbocycles. The molecule has 0 aliphatic heterocycles. The zero-order valence-electron chi connectivity index (χ0n) is 17.3. The molecule has 4 aliphatic rings. The molecule has 2 bridgehead atoms. The summed E-state index contributed by atoms with van der Waals surface area (Å²) in [4.78, 5) is 14.0. The van der Waals surface area contributed by atoms with Gasteiger partial charge in [0.25, 0.3) is 5.91 Å². The average Bonchev–Trinajstić information content (AvgIpc) is 3.31. The summed E-state index contributed by atoms with van der Waals surface area (Å²) in [5.74, 6) is -1.85. The molecule has 0 spiro atoms. The monoisotopic (exact) mass is 471 g/mol. The van der Waals surface area contributed by atoms with Gasteiger partial charge in [-0.2, -0.15) is 18.3 Å². The maximum Gasteiger partial charge on any atom is 0.420 e. The highest BCUT2D eigenvalue weighted by Gasteiger charge is 2.62. The van der Waals surface area contributed by atoms with Gasteiger partial charge in [0.2, 0.25) is 6.43 Å². The van der Waals surface area contributed by atoms with Crippen molar-refractivity contribution >= 4 is 23.4 Å². The van der Waals surface area contributed by atoms with Crippen molar-refractivity contribution in [3.63, 3.8) is 0 Å². The van der Waals surface area contributed by atoms with Gasteiger partial charge in [-0.15, -0.1) is 11.8 Å². The number of carbonyl (C=O) groups excluding carboxylic acids is 1. The van der Waals surface area contributed by atoms with Gasteiger partial charge in [0.1, 0.15) is 11.3 Å². The first-order valence-corrected chi connectivity index (χ1v) is 11.8. The predicted octanol–water partition coefficient (Wildman–Crippen LogP) is 5.83. The molecule has 4 fully saturated rings. The van der Waals surface area contributed by atoms with Crippen LogP contribution in [0.1, 0.15) is 47.4 Å². The second-order valence-corrected chi connectivity index (χ2v) is 10.1. The van der Waals surface area contributed by atoms with Crippen molar-refractivity contribution in [1.82, 2.24) is 9.78 Å². The van der Waals surface area contributed by atoms with Crippen LogP contribution in [-0.2, 0) is 18.1 Å². The van der Waals surface area contributed by atoms with Crippen LogP contribution >= 0.6 is 11.8 Å². The lowest BCUT2D eigenvalue weighted by atomic mass is 9.43. The fourth-order valence-corrected chi connectivity index (χ4v) is 5.60. The lowest BCUT2D eigenvalue weighted by Gasteiger charge is -2.61. The Bertz CT molecular complexity index is 1050. The van der Waals surface area contributed by atoms with Gasteiger partial charge in [-0.25, -0.2) is 8.78 Å². The van der Waals surface area contributed by atoms with E-state index < -0.39 is 47.0 Å². The highest BCUT2D eigenvalue weighted by Crippen LogP contribution is 2.66. The fraction of sp³-hybridized carbons (Fsp3) is 0.545. The van der Waals surface area contributed by atoms with Gasteiger partial charge in [-0.3, -0.25) is 9.48 Å². The van der Waals surface area contributed by atoms with E-state index in [1.54, 1.807) is 18.2 Å². The van der Waals surface area contributed by atoms with Crippen molar-refractivity contribution in [2.75, 3.05) is 11.6 Å². The Hall–Kier alpha value is -2.10. The van der Waals surface area contributed by atoms with Crippen LogP contribution in [0.3, 0.4) is 0 Å². The van der Waals surface area contributed by atoms with Crippen molar-refractivity contribution in [1.29, 1.82) is 0 Å². The van der Waals surface area contributed by atoms with Crippen LogP contribution in [0.2, 0.25) is 0 Å². The molecule has 0 unspecified atom stereocenters. The van der Waals surface area contributed by atoms with Gasteiger partial charge >= 0.3 is 6.18 Å². The van der Waals surface area contributed by atoms with Crippen molar-refractivity contribution < 1.29 is 26.7 Å². The van der Waals surface area contributed by atoms with E-state index in [0.29, 0.717) is 30.9 Å². The molecule has 32 heavy (non-hydrogen) atoms. The van der Waals surface area contributed by atoms with Crippen LogP contribution < -0.4 is 5.32 Å². The highest BCUT2D eigenvalue weighted by atomic mass is 32.2. The molecule has 1 amide bonds. The molecular formula is C22H22F5N3OS. The fourth-order valence-electron chi connectivity index (χ4n) is 5.14. The first kappa shape index (κ1) is 21.7. The Labute approximate surface area is 185 Å². The first-order chi connectivity index (χ1) is 15.1. The maximum atomic E-state index is 14.2. The number of hydrogen-bond acceptors (Lipinski definition) is 3. The number of halogens is 5. The van der Waals surface area contributed by atoms with E-state index in [-0.39, 0.29) is 18.7 Å². The standard InChI is InChI=1S/C22H22F5N3OS/c1-32-14-4-2-3-13(6-14)28-20(31)17-16(22(25,26)27)18(21-7-11(8-21)9-21)29-30(17)10-12-5-15(12)19(23)24/h2-4,6,11-12,15,19H,5,7-10H2,1H3,(H,28,31)/t11?,12-,15+,21?/m1/s1. The van der Waals surface area contributed by atoms with E-state index in [1.807, 2.05) is 12.3 Å². The van der Waals surface area contributed by atoms with Gasteiger partial charge in [-0.05, 0) is 62.0 Å². The van der Waals surface area contributed by atoms with Crippen LogP contribution in [0.25, 0.3) is 0 Å². The molecule has 4 aliphatic carbocycles. The normalized spacial score (nSPS) is 28.3. The molecule has 6 rings (SSSR count). The Morgan fingerprint density at radius 3 is 2.56 bits per heavy atom. The Balaban J connectivity index is 1.54. The molecule has 1 heterocycles. The van der Waals surface area contributed by atoms with Crippen LogP contribution in [-0.4, -0.2) is 28.4 Å². The highest BCUT2D eigenvalue weighted by molar-refractivity contribution is 7.98. The van der Waals surface area contributed by atoms with Gasteiger partial charge in [0.05, 0.1) is 5.69 Å². The van der Waals surface area contributed by atoms with Crippen LogP contribution in [0.5, 0.6) is 0 Å². The molecule has 1 aromatic carbocycles. The Kier molecular flexibility index (Phi) is 5.07. The number of aromatic nitrogens is 2. The second kappa shape index (κ2) is 7.46. The Morgan fingerprint density at radius 2 is 2.03 bits per heavy atom. The van der Waals surface area contributed by atoms with Crippen molar-refractivity contribution in [3.8, 4) is 0 Å². The summed E-state index contributed by atoms with van der Waals surface area (Å²) in [5.41, 5.74) is -1.95. The third-order valence-corrected chi connectivity index (χ3v) is 7.75. The first-order valence-electron chi connectivity index (χ1n) is 10.5. The molecule has 172 valence electrons. The largest absolute Gasteiger partial charge is 0.420 e. The quantitative estimate of drug-likeness (QED) is 0.408. The number of rotatable bonds is 7. The molecule has 0 saturated heterocycles. The third kappa shape index (κ3) is 3.60. The van der Waals surface area contributed by atoms with Gasteiger partial charge < -0.3 is 5.32 Å². The van der Waals surface area contributed by atoms with Gasteiger partial charge in [0.15, 0.2) is 0 Å². The molecule has 1 aromatic heterocycles. The number of hydrogen-bond donors (Lipinski definition) is 1. The summed E-state index contributed by atoms with van der Waals surface area (Å²) in [6, 6.07) is 6.80. The minimum absolute atomic E-state index is 0.0928. The number of amides is 1. The molecule has 10 heteroatoms. The SMILES string of the molecule is CSc1cccc(NC(=O)c2c(C(F)(F)F)c(C34CC(C3)C4)nn2C[C@H]2C[C@@H]2C(F)F)c1. The number of nitrogens with zero attached hydrogens (tertiary/aromatic N) is 2. The van der Waals surface area contributed by atoms with E-state index in [0.717, 1.165) is 9.58 Å². The number of benzene rings is 1. The van der Waals surface area contributed by atoms with Crippen molar-refractivity contribution in [2.24, 2.45) is 17.8 Å². The topological polar surface area (TPSA) is 46.9 Å². The molecule has 1 N–H and O–H groups in total. The number of carbonyl (C=O) groups is 1. The summed E-state index contributed by atoms with van der Waals surface area (Å²) >= 11 is 1.44.